The molecule has 2 N–H and O–H groups in total. The van der Waals surface area contributed by atoms with Gasteiger partial charge in [0.05, 0.1) is 22.6 Å². The van der Waals surface area contributed by atoms with Gasteiger partial charge in [0.25, 0.3) is 5.91 Å². The molecule has 6 heteroatoms. The van der Waals surface area contributed by atoms with Crippen molar-refractivity contribution >= 4 is 22.9 Å². The summed E-state index contributed by atoms with van der Waals surface area (Å²) in [6.45, 7) is 6.94. The number of hydrogen-bond acceptors (Lipinski definition) is 3. The van der Waals surface area contributed by atoms with Gasteiger partial charge in [0.15, 0.2) is 0 Å². The number of carbonyl (C=O) groups excluding carboxylic acids is 1. The maximum atomic E-state index is 13.6. The van der Waals surface area contributed by atoms with E-state index in [0.29, 0.717) is 29.5 Å². The Morgan fingerprint density at radius 3 is 2.38 bits per heavy atom. The lowest BCUT2D eigenvalue weighted by molar-refractivity contribution is 0.0697. The van der Waals surface area contributed by atoms with Gasteiger partial charge in [0.1, 0.15) is 5.82 Å². The van der Waals surface area contributed by atoms with Crippen LogP contribution in [0.2, 0.25) is 0 Å². The molecule has 0 saturated heterocycles. The van der Waals surface area contributed by atoms with Gasteiger partial charge < -0.3 is 15.0 Å². The Morgan fingerprint density at radius 2 is 1.67 bits per heavy atom. The highest BCUT2D eigenvalue weighted by Gasteiger charge is 2.34. The Morgan fingerprint density at radius 1 is 0.929 bits per heavy atom. The topological polar surface area (TPSA) is 84.2 Å². The molecule has 1 heterocycles. The normalized spacial score (nSPS) is 13.8. The molecule has 6 nitrogen and oxygen atoms in total. The van der Waals surface area contributed by atoms with Crippen molar-refractivity contribution in [2.75, 3.05) is 0 Å². The number of aromatic nitrogens is 2. The molecular weight excluding hydrogens is 522 g/mol. The predicted octanol–water partition coefficient (Wildman–Crippen LogP) is 7.76. The van der Waals surface area contributed by atoms with Crippen molar-refractivity contribution in [2.45, 2.75) is 52.1 Å². The fourth-order valence-corrected chi connectivity index (χ4v) is 5.72. The molecule has 1 aliphatic carbocycles. The summed E-state index contributed by atoms with van der Waals surface area (Å²) in [5.41, 5.74) is 7.72. The van der Waals surface area contributed by atoms with E-state index in [1.165, 1.54) is 11.1 Å². The zero-order valence-corrected chi connectivity index (χ0v) is 24.2. The van der Waals surface area contributed by atoms with Crippen LogP contribution in [0.15, 0.2) is 91.0 Å². The number of carboxylic acids is 1. The molecule has 0 spiro atoms. The van der Waals surface area contributed by atoms with Gasteiger partial charge in [0, 0.05) is 12.1 Å². The third-order valence-corrected chi connectivity index (χ3v) is 8.28. The maximum Gasteiger partial charge on any atom is 0.336 e. The molecule has 0 aliphatic heterocycles. The number of aryl methyl sites for hydroxylation is 1. The van der Waals surface area contributed by atoms with Crippen LogP contribution in [0.3, 0.4) is 0 Å². The van der Waals surface area contributed by atoms with Crippen molar-refractivity contribution in [2.24, 2.45) is 5.92 Å². The lowest BCUT2D eigenvalue weighted by Gasteiger charge is -2.20. The molecule has 1 atom stereocenters. The van der Waals surface area contributed by atoms with E-state index in [0.717, 1.165) is 40.8 Å². The van der Waals surface area contributed by atoms with Gasteiger partial charge in [-0.3, -0.25) is 4.79 Å². The second-order valence-electron chi connectivity index (χ2n) is 11.6. The van der Waals surface area contributed by atoms with Crippen LogP contribution in [0.25, 0.3) is 22.2 Å². The molecule has 212 valence electrons. The first-order valence-electron chi connectivity index (χ1n) is 14.6. The fraction of sp³-hybridized carbons (Fsp3) is 0.250. The first kappa shape index (κ1) is 27.5. The highest BCUT2D eigenvalue weighted by Crippen LogP contribution is 2.41. The number of hydrogen-bond donors (Lipinski definition) is 2. The quantitative estimate of drug-likeness (QED) is 0.194. The number of rotatable bonds is 9. The highest BCUT2D eigenvalue weighted by molar-refractivity contribution is 5.98. The summed E-state index contributed by atoms with van der Waals surface area (Å²) in [5, 5.41) is 12.9. The largest absolute Gasteiger partial charge is 0.478 e. The van der Waals surface area contributed by atoms with Gasteiger partial charge in [0.2, 0.25) is 0 Å². The number of nitrogens with one attached hydrogen (secondary N) is 1. The average molecular weight is 558 g/mol. The standard InChI is InChI=1S/C36H35N3O3/c1-22(2)27-7-6-8-28(19-27)34(26-15-16-26)38-35(40)29-17-18-32-33(20-29)39(23(3)37-32)21-24-11-13-25(14-12-24)30-9-4-5-10-31(30)36(41)42/h4-14,17-20,22,26,34H,15-16,21H2,1-3H3,(H,38,40)(H,41,42)/t34-/m0/s1. The van der Waals surface area contributed by atoms with E-state index in [1.807, 2.05) is 61.5 Å². The monoisotopic (exact) mass is 557 g/mol. The van der Waals surface area contributed by atoms with E-state index in [9.17, 15) is 14.7 Å². The van der Waals surface area contributed by atoms with Crippen LogP contribution >= 0.6 is 0 Å². The minimum atomic E-state index is -0.942. The SMILES string of the molecule is Cc1nc2ccc(C(=O)N[C@H](c3cccc(C(C)C)c3)C3CC3)cc2n1Cc1ccc(-c2ccccc2C(=O)O)cc1. The van der Waals surface area contributed by atoms with E-state index >= 15 is 0 Å². The minimum Gasteiger partial charge on any atom is -0.478 e. The molecule has 0 radical (unpaired) electrons. The summed E-state index contributed by atoms with van der Waals surface area (Å²) < 4.78 is 2.12. The fourth-order valence-electron chi connectivity index (χ4n) is 5.72. The van der Waals surface area contributed by atoms with Crippen LogP contribution in [0, 0.1) is 12.8 Å². The summed E-state index contributed by atoms with van der Waals surface area (Å²) in [4.78, 5) is 30.0. The zero-order valence-electron chi connectivity index (χ0n) is 24.2. The number of amides is 1. The summed E-state index contributed by atoms with van der Waals surface area (Å²) in [7, 11) is 0. The average Bonchev–Trinajstić information content (AvgIpc) is 3.80. The molecule has 1 fully saturated rings. The van der Waals surface area contributed by atoms with Crippen LogP contribution in [-0.4, -0.2) is 26.5 Å². The van der Waals surface area contributed by atoms with Crippen molar-refractivity contribution in [3.63, 3.8) is 0 Å². The lowest BCUT2D eigenvalue weighted by atomic mass is 9.95. The third kappa shape index (κ3) is 5.57. The van der Waals surface area contributed by atoms with Crippen LogP contribution in [-0.2, 0) is 6.54 Å². The molecule has 1 saturated carbocycles. The van der Waals surface area contributed by atoms with Gasteiger partial charge in [-0.1, -0.05) is 80.6 Å². The molecule has 42 heavy (non-hydrogen) atoms. The van der Waals surface area contributed by atoms with Crippen molar-refractivity contribution in [1.82, 2.24) is 14.9 Å². The summed E-state index contributed by atoms with van der Waals surface area (Å²) >= 11 is 0. The van der Waals surface area contributed by atoms with E-state index in [2.05, 4.69) is 48.0 Å². The molecule has 1 aliphatic rings. The van der Waals surface area contributed by atoms with Gasteiger partial charge in [-0.2, -0.15) is 0 Å². The molecule has 1 amide bonds. The number of benzene rings is 4. The Labute approximate surface area is 246 Å². The number of carbonyl (C=O) groups is 2. The summed E-state index contributed by atoms with van der Waals surface area (Å²) in [5.74, 6) is 0.754. The van der Waals surface area contributed by atoms with Crippen LogP contribution < -0.4 is 5.32 Å². The Balaban J connectivity index is 1.25. The third-order valence-electron chi connectivity index (χ3n) is 8.28. The number of fused-ring (bicyclic) bond motifs is 1. The predicted molar refractivity (Wildman–Crippen MR) is 166 cm³/mol. The number of carboxylic acid groups (broad SMARTS) is 1. The van der Waals surface area contributed by atoms with Crippen molar-refractivity contribution in [3.05, 3.63) is 125 Å². The van der Waals surface area contributed by atoms with E-state index in [4.69, 9.17) is 4.98 Å². The second-order valence-corrected chi connectivity index (χ2v) is 11.6. The molecule has 1 aromatic heterocycles. The number of aromatic carboxylic acids is 1. The van der Waals surface area contributed by atoms with Crippen LogP contribution in [0.5, 0.6) is 0 Å². The molecule has 5 aromatic rings. The lowest BCUT2D eigenvalue weighted by Crippen LogP contribution is -2.30. The first-order chi connectivity index (χ1) is 20.3. The molecule has 4 aromatic carbocycles. The molecule has 6 rings (SSSR count). The van der Waals surface area contributed by atoms with E-state index in [-0.39, 0.29) is 17.5 Å². The van der Waals surface area contributed by atoms with Crippen LogP contribution in [0.1, 0.15) is 81.9 Å². The second kappa shape index (κ2) is 11.3. The van der Waals surface area contributed by atoms with Crippen molar-refractivity contribution < 1.29 is 14.7 Å². The van der Waals surface area contributed by atoms with Crippen LogP contribution in [0.4, 0.5) is 0 Å². The maximum absolute atomic E-state index is 13.6. The minimum absolute atomic E-state index is 0.00307. The van der Waals surface area contributed by atoms with Gasteiger partial charge >= 0.3 is 5.97 Å². The summed E-state index contributed by atoms with van der Waals surface area (Å²) in [6.07, 6.45) is 2.26. The molecular formula is C36H35N3O3. The smallest absolute Gasteiger partial charge is 0.336 e. The van der Waals surface area contributed by atoms with E-state index < -0.39 is 5.97 Å². The van der Waals surface area contributed by atoms with Gasteiger partial charge in [-0.05, 0) is 83.7 Å². The molecule has 0 bridgehead atoms. The highest BCUT2D eigenvalue weighted by atomic mass is 16.4. The zero-order chi connectivity index (χ0) is 29.4. The van der Waals surface area contributed by atoms with Crippen molar-refractivity contribution in [1.29, 1.82) is 0 Å². The number of imidazole rings is 1. The van der Waals surface area contributed by atoms with Gasteiger partial charge in [-0.15, -0.1) is 0 Å². The molecule has 0 unspecified atom stereocenters. The van der Waals surface area contributed by atoms with Crippen molar-refractivity contribution in [3.8, 4) is 11.1 Å². The summed E-state index contributed by atoms with van der Waals surface area (Å²) in [6, 6.07) is 29.3. The van der Waals surface area contributed by atoms with E-state index in [1.54, 1.807) is 12.1 Å². The Bertz CT molecular complexity index is 1780. The first-order valence-corrected chi connectivity index (χ1v) is 14.6. The Hall–Kier alpha value is -4.71. The van der Waals surface area contributed by atoms with Gasteiger partial charge in [-0.25, -0.2) is 9.78 Å². The number of nitrogens with zero attached hydrogens (tertiary/aromatic N) is 2. The Kier molecular flexibility index (Phi) is 7.38.